The zero-order valence-corrected chi connectivity index (χ0v) is 19.5. The van der Waals surface area contributed by atoms with E-state index in [1.54, 1.807) is 0 Å². The molecular formula is C21H23F3IN5O2. The third kappa shape index (κ3) is 6.34. The lowest BCUT2D eigenvalue weighted by molar-refractivity contribution is -0.117. The normalized spacial score (nSPS) is 15.2. The molecule has 0 bridgehead atoms. The number of fused-ring (bicyclic) bond motifs is 1. The van der Waals surface area contributed by atoms with E-state index in [4.69, 9.17) is 0 Å². The monoisotopic (exact) mass is 561 g/mol. The van der Waals surface area contributed by atoms with Crippen molar-refractivity contribution in [2.24, 2.45) is 4.99 Å². The maximum Gasteiger partial charge on any atom is 0.246 e. The number of hydrogen-bond acceptors (Lipinski definition) is 3. The van der Waals surface area contributed by atoms with Crippen molar-refractivity contribution >= 4 is 53.1 Å². The minimum Gasteiger partial charge on any atom is -0.357 e. The summed E-state index contributed by atoms with van der Waals surface area (Å²) in [6.45, 7) is 2.38. The van der Waals surface area contributed by atoms with Crippen LogP contribution in [0.25, 0.3) is 0 Å². The Labute approximate surface area is 200 Å². The summed E-state index contributed by atoms with van der Waals surface area (Å²) < 4.78 is 40.0. The number of hydrogen-bond donors (Lipinski definition) is 4. The lowest BCUT2D eigenvalue weighted by Crippen LogP contribution is -2.41. The second-order valence-corrected chi connectivity index (χ2v) is 6.88. The number of halogens is 4. The smallest absolute Gasteiger partial charge is 0.246 e. The number of carbonyl (C=O) groups is 2. The van der Waals surface area contributed by atoms with Crippen molar-refractivity contribution in [3.63, 3.8) is 0 Å². The Morgan fingerprint density at radius 2 is 1.88 bits per heavy atom. The summed E-state index contributed by atoms with van der Waals surface area (Å²) in [5.41, 5.74) is 1.29. The fourth-order valence-corrected chi connectivity index (χ4v) is 3.21. The lowest BCUT2D eigenvalue weighted by Gasteiger charge is -2.26. The number of para-hydroxylation sites is 1. The molecule has 0 aliphatic carbocycles. The Balaban J connectivity index is 0.00000363. The SMILES string of the molecule is CCNC(=NCC(=O)Nc1ccc(F)c(F)c1F)NCC1CC(=O)Nc2ccccc21.I. The molecule has 1 atom stereocenters. The van der Waals surface area contributed by atoms with Crippen molar-refractivity contribution in [3.8, 4) is 0 Å². The van der Waals surface area contributed by atoms with Crippen molar-refractivity contribution in [2.45, 2.75) is 19.3 Å². The molecule has 0 saturated carbocycles. The van der Waals surface area contributed by atoms with Gasteiger partial charge < -0.3 is 21.3 Å². The van der Waals surface area contributed by atoms with Crippen LogP contribution in [-0.2, 0) is 9.59 Å². The number of rotatable bonds is 6. The van der Waals surface area contributed by atoms with Crippen LogP contribution in [0.15, 0.2) is 41.4 Å². The van der Waals surface area contributed by atoms with Gasteiger partial charge in [0.25, 0.3) is 0 Å². The van der Waals surface area contributed by atoms with E-state index in [0.29, 0.717) is 25.5 Å². The summed E-state index contributed by atoms with van der Waals surface area (Å²) in [4.78, 5) is 28.2. The van der Waals surface area contributed by atoms with Gasteiger partial charge >= 0.3 is 0 Å². The number of amides is 2. The van der Waals surface area contributed by atoms with E-state index in [2.05, 4.69) is 26.3 Å². The summed E-state index contributed by atoms with van der Waals surface area (Å²) in [5, 5.41) is 11.1. The van der Waals surface area contributed by atoms with Gasteiger partial charge in [-0.3, -0.25) is 9.59 Å². The molecule has 1 heterocycles. The summed E-state index contributed by atoms with van der Waals surface area (Å²) in [6, 6.07) is 9.17. The van der Waals surface area contributed by atoms with Crippen molar-refractivity contribution < 1.29 is 22.8 Å². The fourth-order valence-electron chi connectivity index (χ4n) is 3.21. The van der Waals surface area contributed by atoms with Gasteiger partial charge in [-0.2, -0.15) is 0 Å². The van der Waals surface area contributed by atoms with Gasteiger partial charge in [-0.15, -0.1) is 24.0 Å². The van der Waals surface area contributed by atoms with Crippen molar-refractivity contribution in [3.05, 3.63) is 59.4 Å². The van der Waals surface area contributed by atoms with Crippen LogP contribution in [0.2, 0.25) is 0 Å². The molecule has 1 unspecified atom stereocenters. The standard InChI is InChI=1S/C21H22F3N5O2.HI/c1-2-25-21(26-10-12-9-17(30)28-15-6-4-3-5-13(12)15)27-11-18(31)29-16-8-7-14(22)19(23)20(16)24;/h3-8,12H,2,9-11H2,1H3,(H,28,30)(H,29,31)(H2,25,26,27);1H. The molecule has 11 heteroatoms. The van der Waals surface area contributed by atoms with Crippen molar-refractivity contribution in [1.29, 1.82) is 0 Å². The molecule has 3 rings (SSSR count). The molecule has 0 spiro atoms. The topological polar surface area (TPSA) is 94.6 Å². The molecule has 0 radical (unpaired) electrons. The highest BCUT2D eigenvalue weighted by atomic mass is 127. The third-order valence-electron chi connectivity index (χ3n) is 4.66. The lowest BCUT2D eigenvalue weighted by atomic mass is 9.90. The fraction of sp³-hybridized carbons (Fsp3) is 0.286. The zero-order valence-electron chi connectivity index (χ0n) is 17.2. The number of nitrogens with one attached hydrogen (secondary N) is 4. The minimum absolute atomic E-state index is 0. The Bertz CT molecular complexity index is 1020. The van der Waals surface area contributed by atoms with Gasteiger partial charge in [0, 0.05) is 31.1 Å². The largest absolute Gasteiger partial charge is 0.357 e. The highest BCUT2D eigenvalue weighted by molar-refractivity contribution is 14.0. The Morgan fingerprint density at radius 1 is 1.12 bits per heavy atom. The highest BCUT2D eigenvalue weighted by Crippen LogP contribution is 2.31. The summed E-state index contributed by atoms with van der Waals surface area (Å²) in [7, 11) is 0. The zero-order chi connectivity index (χ0) is 22.4. The number of guanidine groups is 1. The van der Waals surface area contributed by atoms with Crippen LogP contribution < -0.4 is 21.3 Å². The maximum atomic E-state index is 13.7. The third-order valence-corrected chi connectivity index (χ3v) is 4.66. The van der Waals surface area contributed by atoms with Gasteiger partial charge in [0.05, 0.1) is 5.69 Å². The summed E-state index contributed by atoms with van der Waals surface area (Å²) in [5.74, 6) is -5.02. The van der Waals surface area contributed by atoms with E-state index >= 15 is 0 Å². The second kappa shape index (κ2) is 11.7. The Kier molecular flexibility index (Phi) is 9.29. The van der Waals surface area contributed by atoms with Gasteiger partial charge in [0.1, 0.15) is 6.54 Å². The molecule has 2 aromatic carbocycles. The molecule has 0 aromatic heterocycles. The first-order valence-electron chi connectivity index (χ1n) is 9.73. The van der Waals surface area contributed by atoms with Crippen molar-refractivity contribution in [2.75, 3.05) is 30.3 Å². The van der Waals surface area contributed by atoms with Crippen LogP contribution in [0.5, 0.6) is 0 Å². The number of aliphatic imine (C=N–C) groups is 1. The Morgan fingerprint density at radius 3 is 2.62 bits per heavy atom. The van der Waals surface area contributed by atoms with E-state index in [1.165, 1.54) is 0 Å². The van der Waals surface area contributed by atoms with Crippen LogP contribution in [0, 0.1) is 17.5 Å². The number of anilines is 2. The highest BCUT2D eigenvalue weighted by Gasteiger charge is 2.24. The number of carbonyl (C=O) groups excluding carboxylic acids is 2. The quantitative estimate of drug-likeness (QED) is 0.189. The van der Waals surface area contributed by atoms with Crippen LogP contribution in [0.3, 0.4) is 0 Å². The molecule has 172 valence electrons. The molecular weight excluding hydrogens is 538 g/mol. The van der Waals surface area contributed by atoms with E-state index in [0.717, 1.165) is 23.4 Å². The molecule has 7 nitrogen and oxygen atoms in total. The van der Waals surface area contributed by atoms with Crippen LogP contribution in [0.4, 0.5) is 24.5 Å². The minimum atomic E-state index is -1.66. The average Bonchev–Trinajstić information content (AvgIpc) is 2.75. The molecule has 32 heavy (non-hydrogen) atoms. The maximum absolute atomic E-state index is 13.7. The van der Waals surface area contributed by atoms with Gasteiger partial charge in [-0.05, 0) is 30.7 Å². The van der Waals surface area contributed by atoms with Gasteiger partial charge in [0.15, 0.2) is 23.4 Å². The Hall–Kier alpha value is -2.83. The molecule has 0 saturated heterocycles. The van der Waals surface area contributed by atoms with E-state index in [9.17, 15) is 22.8 Å². The molecule has 0 fully saturated rings. The molecule has 2 aromatic rings. The first-order chi connectivity index (χ1) is 14.9. The van der Waals surface area contributed by atoms with Crippen LogP contribution in [0.1, 0.15) is 24.8 Å². The van der Waals surface area contributed by atoms with Crippen LogP contribution in [-0.4, -0.2) is 37.4 Å². The van der Waals surface area contributed by atoms with E-state index < -0.39 is 29.0 Å². The predicted octanol–water partition coefficient (Wildman–Crippen LogP) is 3.34. The van der Waals surface area contributed by atoms with Crippen LogP contribution >= 0.6 is 24.0 Å². The molecule has 1 aliphatic heterocycles. The first kappa shape index (κ1) is 25.4. The first-order valence-corrected chi connectivity index (χ1v) is 9.73. The summed E-state index contributed by atoms with van der Waals surface area (Å²) in [6.07, 6.45) is 0.305. The average molecular weight is 561 g/mol. The second-order valence-electron chi connectivity index (χ2n) is 6.88. The number of benzene rings is 2. The van der Waals surface area contributed by atoms with Gasteiger partial charge in [-0.25, -0.2) is 18.2 Å². The summed E-state index contributed by atoms with van der Waals surface area (Å²) >= 11 is 0. The molecule has 1 aliphatic rings. The number of nitrogens with zero attached hydrogens (tertiary/aromatic N) is 1. The van der Waals surface area contributed by atoms with Gasteiger partial charge in [0.2, 0.25) is 11.8 Å². The van der Waals surface area contributed by atoms with Gasteiger partial charge in [-0.1, -0.05) is 18.2 Å². The molecule has 4 N–H and O–H groups in total. The van der Waals surface area contributed by atoms with E-state index in [-0.39, 0.29) is 42.3 Å². The van der Waals surface area contributed by atoms with E-state index in [1.807, 2.05) is 31.2 Å². The molecule has 2 amide bonds. The van der Waals surface area contributed by atoms with Crippen molar-refractivity contribution in [1.82, 2.24) is 10.6 Å². The predicted molar refractivity (Wildman–Crippen MR) is 127 cm³/mol.